The van der Waals surface area contributed by atoms with E-state index in [0.29, 0.717) is 21.7 Å². The van der Waals surface area contributed by atoms with Crippen molar-refractivity contribution in [1.29, 1.82) is 0 Å². The van der Waals surface area contributed by atoms with Crippen molar-refractivity contribution >= 4 is 29.3 Å². The second-order valence-corrected chi connectivity index (χ2v) is 12.1. The predicted octanol–water partition coefficient (Wildman–Crippen LogP) is 5.86. The molecule has 136 valence electrons. The van der Waals surface area contributed by atoms with Crippen molar-refractivity contribution in [2.75, 3.05) is 11.5 Å². The highest BCUT2D eigenvalue weighted by Gasteiger charge is 2.59. The highest BCUT2D eigenvalue weighted by atomic mass is 32.2. The van der Waals surface area contributed by atoms with Crippen molar-refractivity contribution in [2.45, 2.75) is 62.4 Å². The Kier molecular flexibility index (Phi) is 4.02. The Morgan fingerprint density at radius 3 is 2.76 bits per heavy atom. The topological polar surface area (TPSA) is 17.1 Å². The van der Waals surface area contributed by atoms with E-state index in [1.54, 1.807) is 5.57 Å². The van der Waals surface area contributed by atoms with E-state index in [2.05, 4.69) is 43.1 Å². The first kappa shape index (κ1) is 17.0. The number of thioether (sulfide) groups is 2. The minimum absolute atomic E-state index is 0.0352. The molecule has 5 unspecified atom stereocenters. The zero-order chi connectivity index (χ0) is 17.2. The first-order valence-corrected chi connectivity index (χ1v) is 12.3. The molecule has 0 amide bonds. The monoisotopic (exact) mass is 374 g/mol. The number of hydrogen-bond donors (Lipinski definition) is 0. The van der Waals surface area contributed by atoms with Crippen LogP contribution in [0.5, 0.6) is 0 Å². The van der Waals surface area contributed by atoms with Crippen LogP contribution in [0.2, 0.25) is 0 Å². The summed E-state index contributed by atoms with van der Waals surface area (Å²) < 4.78 is 0.408. The van der Waals surface area contributed by atoms with Crippen molar-refractivity contribution < 1.29 is 4.79 Å². The Labute approximate surface area is 160 Å². The minimum atomic E-state index is -0.0352. The number of ketones is 1. The molecule has 5 aliphatic rings. The molecule has 0 aromatic rings. The van der Waals surface area contributed by atoms with Gasteiger partial charge in [-0.1, -0.05) is 30.7 Å². The summed E-state index contributed by atoms with van der Waals surface area (Å²) in [5.74, 6) is 5.99. The zero-order valence-electron chi connectivity index (χ0n) is 15.4. The number of allylic oxidation sites excluding steroid dienone is 2. The Bertz CT molecular complexity index is 644. The Morgan fingerprint density at radius 2 is 2.00 bits per heavy atom. The lowest BCUT2D eigenvalue weighted by Crippen LogP contribution is -2.49. The van der Waals surface area contributed by atoms with Gasteiger partial charge in [-0.05, 0) is 68.6 Å². The van der Waals surface area contributed by atoms with Gasteiger partial charge in [0.05, 0.1) is 4.08 Å². The van der Waals surface area contributed by atoms with Crippen LogP contribution in [0.3, 0.4) is 0 Å². The van der Waals surface area contributed by atoms with Crippen LogP contribution in [-0.2, 0) is 4.79 Å². The molecule has 1 spiro atoms. The van der Waals surface area contributed by atoms with Crippen molar-refractivity contribution in [1.82, 2.24) is 0 Å². The molecule has 1 nitrogen and oxygen atoms in total. The molecule has 0 aromatic carbocycles. The zero-order valence-corrected chi connectivity index (χ0v) is 17.0. The fourth-order valence-corrected chi connectivity index (χ4v) is 10.4. The van der Waals surface area contributed by atoms with Gasteiger partial charge in [0.25, 0.3) is 0 Å². The lowest BCUT2D eigenvalue weighted by Gasteiger charge is -2.54. The Hall–Kier alpha value is -0.150. The van der Waals surface area contributed by atoms with E-state index < -0.39 is 0 Å². The molecule has 3 heteroatoms. The van der Waals surface area contributed by atoms with Crippen LogP contribution in [-0.4, -0.2) is 21.4 Å². The van der Waals surface area contributed by atoms with E-state index in [-0.39, 0.29) is 5.41 Å². The summed E-state index contributed by atoms with van der Waals surface area (Å²) >= 11 is 4.38. The molecule has 1 heterocycles. The molecular formula is C22H30OS2. The molecule has 5 rings (SSSR count). The summed E-state index contributed by atoms with van der Waals surface area (Å²) in [6.07, 6.45) is 12.0. The molecule has 0 aromatic heterocycles. The summed E-state index contributed by atoms with van der Waals surface area (Å²) in [6, 6.07) is 0. The molecule has 0 bridgehead atoms. The average molecular weight is 375 g/mol. The van der Waals surface area contributed by atoms with Crippen molar-refractivity contribution in [3.05, 3.63) is 23.8 Å². The van der Waals surface area contributed by atoms with Crippen LogP contribution in [0.4, 0.5) is 0 Å². The fourth-order valence-electron chi connectivity index (χ4n) is 7.20. The molecule has 1 aliphatic heterocycles. The maximum absolute atomic E-state index is 12.8. The first-order chi connectivity index (χ1) is 12.1. The predicted molar refractivity (Wildman–Crippen MR) is 109 cm³/mol. The number of Topliss-reactive ketones (excluding diaryl/α,β-unsaturated/α-hetero) is 1. The van der Waals surface area contributed by atoms with Crippen molar-refractivity contribution in [2.24, 2.45) is 29.1 Å². The smallest absolute Gasteiger partial charge is 0.139 e. The third-order valence-corrected chi connectivity index (χ3v) is 11.6. The molecule has 0 radical (unpaired) electrons. The maximum Gasteiger partial charge on any atom is 0.139 e. The molecule has 4 aliphatic carbocycles. The van der Waals surface area contributed by atoms with E-state index in [0.717, 1.165) is 37.5 Å². The van der Waals surface area contributed by atoms with Crippen LogP contribution in [0, 0.1) is 29.1 Å². The average Bonchev–Trinajstić information content (AvgIpc) is 3.20. The lowest BCUT2D eigenvalue weighted by atomic mass is 9.50. The molecule has 3 saturated carbocycles. The number of rotatable bonds is 1. The van der Waals surface area contributed by atoms with Gasteiger partial charge in [-0.2, -0.15) is 0 Å². The van der Waals surface area contributed by atoms with E-state index in [9.17, 15) is 4.79 Å². The molecule has 0 N–H and O–H groups in total. The number of carbonyl (C=O) groups excluding carboxylic acids is 1. The second-order valence-electron chi connectivity index (χ2n) is 9.01. The van der Waals surface area contributed by atoms with Gasteiger partial charge < -0.3 is 0 Å². The standard InChI is InChI=1S/C22H30OS2/c1-3-21-12-14(2)20-16-8-9-22(24-10-11-25-22)13-15(16)4-5-17(20)18(21)6-7-19(21)23/h13,16-18,20H,2-12H2,1H3. The SMILES string of the molecule is C=C1CC2(CC)C(=O)CCC2C2CCC3=CC4(CCC3C12)SCCS4. The number of carbonyl (C=O) groups is 1. The van der Waals surface area contributed by atoms with Gasteiger partial charge in [0.2, 0.25) is 0 Å². The quantitative estimate of drug-likeness (QED) is 0.535. The van der Waals surface area contributed by atoms with Crippen molar-refractivity contribution in [3.8, 4) is 0 Å². The summed E-state index contributed by atoms with van der Waals surface area (Å²) in [4.78, 5) is 12.8. The molecule has 4 fully saturated rings. The maximum atomic E-state index is 12.8. The van der Waals surface area contributed by atoms with Crippen molar-refractivity contribution in [3.63, 3.8) is 0 Å². The third-order valence-electron chi connectivity index (χ3n) is 8.23. The van der Waals surface area contributed by atoms with Gasteiger partial charge in [0.15, 0.2) is 0 Å². The molecular weight excluding hydrogens is 344 g/mol. The summed E-state index contributed by atoms with van der Waals surface area (Å²) in [6.45, 7) is 6.82. The van der Waals surface area contributed by atoms with Crippen LogP contribution in [0.25, 0.3) is 0 Å². The lowest BCUT2D eigenvalue weighted by molar-refractivity contribution is -0.130. The van der Waals surface area contributed by atoms with Crippen LogP contribution in [0.1, 0.15) is 58.3 Å². The van der Waals surface area contributed by atoms with Crippen LogP contribution < -0.4 is 0 Å². The Balaban J connectivity index is 1.48. The fraction of sp³-hybridized carbons (Fsp3) is 0.773. The van der Waals surface area contributed by atoms with E-state index in [1.165, 1.54) is 42.8 Å². The summed E-state index contributed by atoms with van der Waals surface area (Å²) in [5, 5.41) is 0. The summed E-state index contributed by atoms with van der Waals surface area (Å²) in [5.41, 5.74) is 3.15. The number of fused-ring (bicyclic) bond motifs is 5. The molecule has 5 atom stereocenters. The van der Waals surface area contributed by atoms with Gasteiger partial charge in [-0.15, -0.1) is 23.5 Å². The van der Waals surface area contributed by atoms with Gasteiger partial charge in [0, 0.05) is 23.3 Å². The molecule has 25 heavy (non-hydrogen) atoms. The minimum Gasteiger partial charge on any atom is -0.299 e. The highest BCUT2D eigenvalue weighted by Crippen LogP contribution is 2.65. The molecule has 1 saturated heterocycles. The highest BCUT2D eigenvalue weighted by molar-refractivity contribution is 8.21. The Morgan fingerprint density at radius 1 is 1.20 bits per heavy atom. The van der Waals surface area contributed by atoms with Gasteiger partial charge in [-0.3, -0.25) is 4.79 Å². The summed E-state index contributed by atoms with van der Waals surface area (Å²) in [7, 11) is 0. The largest absolute Gasteiger partial charge is 0.299 e. The number of hydrogen-bond acceptors (Lipinski definition) is 3. The first-order valence-electron chi connectivity index (χ1n) is 10.3. The van der Waals surface area contributed by atoms with Gasteiger partial charge in [0.1, 0.15) is 5.78 Å². The third kappa shape index (κ3) is 2.33. The van der Waals surface area contributed by atoms with Crippen LogP contribution in [0.15, 0.2) is 23.8 Å². The van der Waals surface area contributed by atoms with E-state index >= 15 is 0 Å². The van der Waals surface area contributed by atoms with Crippen LogP contribution >= 0.6 is 23.5 Å². The second kappa shape index (κ2) is 5.92. The van der Waals surface area contributed by atoms with Gasteiger partial charge in [-0.25, -0.2) is 0 Å². The van der Waals surface area contributed by atoms with Gasteiger partial charge >= 0.3 is 0 Å². The van der Waals surface area contributed by atoms with E-state index in [4.69, 9.17) is 0 Å². The van der Waals surface area contributed by atoms with E-state index in [1.807, 2.05) is 0 Å². The normalized spacial score (nSPS) is 45.1.